The van der Waals surface area contributed by atoms with Gasteiger partial charge in [-0.25, -0.2) is 8.42 Å². The molecule has 3 aromatic rings. The number of aryl methyl sites for hydroxylation is 2. The molecule has 34 heavy (non-hydrogen) atoms. The second-order valence-corrected chi connectivity index (χ2v) is 10.2. The zero-order chi connectivity index (χ0) is 24.3. The topological polar surface area (TPSA) is 109 Å². The molecule has 0 saturated carbocycles. The van der Waals surface area contributed by atoms with Crippen molar-refractivity contribution in [3.8, 4) is 6.07 Å². The lowest BCUT2D eigenvalue weighted by atomic mass is 10.1. The number of nitrogens with zero attached hydrogens (tertiary/aromatic N) is 3. The van der Waals surface area contributed by atoms with Crippen LogP contribution in [-0.4, -0.2) is 48.2 Å². The molecule has 0 spiro atoms. The highest BCUT2D eigenvalue weighted by molar-refractivity contribution is 7.89. The number of carbonyl (C=O) groups excluding carboxylic acids is 2. The highest BCUT2D eigenvalue weighted by Gasteiger charge is 2.40. The van der Waals surface area contributed by atoms with E-state index in [0.29, 0.717) is 36.8 Å². The van der Waals surface area contributed by atoms with Crippen molar-refractivity contribution in [1.82, 2.24) is 8.87 Å². The summed E-state index contributed by atoms with van der Waals surface area (Å²) in [5, 5.41) is 9.61. The molecule has 8 nitrogen and oxygen atoms in total. The van der Waals surface area contributed by atoms with E-state index in [2.05, 4.69) is 6.07 Å². The molecule has 1 atom stereocenters. The number of fused-ring (bicyclic) bond motifs is 1. The molecule has 0 bridgehead atoms. The number of hydrogen-bond acceptors (Lipinski definition) is 6. The summed E-state index contributed by atoms with van der Waals surface area (Å²) in [7, 11) is -3.86. The van der Waals surface area contributed by atoms with E-state index in [-0.39, 0.29) is 17.2 Å². The van der Waals surface area contributed by atoms with Gasteiger partial charge in [-0.3, -0.25) is 9.59 Å². The third-order valence-corrected chi connectivity index (χ3v) is 7.92. The molecular formula is C25H25N3O5S. The summed E-state index contributed by atoms with van der Waals surface area (Å²) < 4.78 is 34.5. The van der Waals surface area contributed by atoms with Crippen LogP contribution in [0.15, 0.2) is 59.6 Å². The lowest BCUT2D eigenvalue weighted by Gasteiger charge is -2.22. The van der Waals surface area contributed by atoms with Gasteiger partial charge in [0.15, 0.2) is 6.61 Å². The fourth-order valence-corrected chi connectivity index (χ4v) is 5.89. The van der Waals surface area contributed by atoms with Crippen LogP contribution in [0.2, 0.25) is 0 Å². The molecule has 2 aromatic carbocycles. The Morgan fingerprint density at radius 2 is 1.88 bits per heavy atom. The monoisotopic (exact) mass is 479 g/mol. The quantitative estimate of drug-likeness (QED) is 0.362. The number of sulfonamides is 1. The third kappa shape index (κ3) is 4.60. The lowest BCUT2D eigenvalue weighted by molar-refractivity contribution is -0.146. The van der Waals surface area contributed by atoms with Gasteiger partial charge in [-0.15, -0.1) is 0 Å². The Hall–Kier alpha value is -3.48. The van der Waals surface area contributed by atoms with Crippen LogP contribution < -0.4 is 0 Å². The van der Waals surface area contributed by atoms with Crippen molar-refractivity contribution in [1.29, 1.82) is 5.26 Å². The van der Waals surface area contributed by atoms with Crippen LogP contribution >= 0.6 is 0 Å². The molecule has 0 aliphatic carbocycles. The molecule has 1 saturated heterocycles. The molecule has 0 amide bonds. The summed E-state index contributed by atoms with van der Waals surface area (Å²) >= 11 is 0. The SMILES string of the molecule is Cc1ccc(S(=O)(=O)N2CCC[C@H]2C(=O)OCC(=O)c2cn(CCC#N)c3ccccc23)cc1. The maximum atomic E-state index is 13.1. The van der Waals surface area contributed by atoms with Crippen molar-refractivity contribution in [3.05, 3.63) is 65.9 Å². The highest BCUT2D eigenvalue weighted by atomic mass is 32.2. The average Bonchev–Trinajstić information content (AvgIpc) is 3.47. The van der Waals surface area contributed by atoms with Crippen LogP contribution in [0.5, 0.6) is 0 Å². The summed E-state index contributed by atoms with van der Waals surface area (Å²) in [6.07, 6.45) is 2.84. The molecule has 1 aromatic heterocycles. The van der Waals surface area contributed by atoms with Crippen molar-refractivity contribution in [2.45, 2.75) is 43.7 Å². The molecule has 9 heteroatoms. The van der Waals surface area contributed by atoms with Crippen LogP contribution in [0.25, 0.3) is 10.9 Å². The summed E-state index contributed by atoms with van der Waals surface area (Å²) in [5.74, 6) is -1.11. The number of hydrogen-bond donors (Lipinski definition) is 0. The fourth-order valence-electron chi connectivity index (χ4n) is 4.24. The van der Waals surface area contributed by atoms with Crippen molar-refractivity contribution >= 4 is 32.7 Å². The van der Waals surface area contributed by atoms with E-state index < -0.39 is 28.6 Å². The largest absolute Gasteiger partial charge is 0.456 e. The Bertz CT molecular complexity index is 1370. The number of aromatic nitrogens is 1. The third-order valence-electron chi connectivity index (χ3n) is 6.00. The number of Topliss-reactive ketones (excluding diaryl/α,β-unsaturated/α-hetero) is 1. The molecule has 1 aliphatic rings. The summed E-state index contributed by atoms with van der Waals surface area (Å²) in [4.78, 5) is 25.8. The number of esters is 1. The molecule has 0 unspecified atom stereocenters. The molecule has 0 radical (unpaired) electrons. The maximum absolute atomic E-state index is 13.1. The van der Waals surface area contributed by atoms with Crippen LogP contribution in [0.1, 0.15) is 35.2 Å². The molecule has 4 rings (SSSR count). The van der Waals surface area contributed by atoms with Crippen molar-refractivity contribution in [2.75, 3.05) is 13.2 Å². The standard InChI is InChI=1S/C25H25N3O5S/c1-18-9-11-19(12-10-18)34(31,32)28-15-4-8-23(28)25(30)33-17-24(29)21-16-27(14-5-13-26)22-7-3-2-6-20(21)22/h2-3,6-7,9-12,16,23H,4-5,8,14-15,17H2,1H3/t23-/m0/s1. The van der Waals surface area contributed by atoms with Gasteiger partial charge in [-0.2, -0.15) is 9.57 Å². The van der Waals surface area contributed by atoms with E-state index >= 15 is 0 Å². The van der Waals surface area contributed by atoms with Crippen LogP contribution in [-0.2, 0) is 26.1 Å². The zero-order valence-electron chi connectivity index (χ0n) is 18.8. The van der Waals surface area contributed by atoms with Crippen molar-refractivity contribution in [2.24, 2.45) is 0 Å². The first-order valence-electron chi connectivity index (χ1n) is 11.1. The van der Waals surface area contributed by atoms with E-state index in [9.17, 15) is 18.0 Å². The minimum atomic E-state index is -3.86. The predicted octanol–water partition coefficient (Wildman–Crippen LogP) is 3.44. The molecule has 0 N–H and O–H groups in total. The number of nitriles is 1. The van der Waals surface area contributed by atoms with Gasteiger partial charge in [0.05, 0.1) is 17.4 Å². The van der Waals surface area contributed by atoms with Gasteiger partial charge in [0.25, 0.3) is 0 Å². The van der Waals surface area contributed by atoms with Crippen molar-refractivity contribution in [3.63, 3.8) is 0 Å². The van der Waals surface area contributed by atoms with Crippen LogP contribution in [0.3, 0.4) is 0 Å². The van der Waals surface area contributed by atoms with Crippen LogP contribution in [0, 0.1) is 18.3 Å². The summed E-state index contributed by atoms with van der Waals surface area (Å²) in [5.41, 5.74) is 2.15. The Balaban J connectivity index is 1.48. The van der Waals surface area contributed by atoms with Gasteiger partial charge < -0.3 is 9.30 Å². The van der Waals surface area contributed by atoms with Gasteiger partial charge in [0.1, 0.15) is 6.04 Å². The second kappa shape index (κ2) is 9.79. The van der Waals surface area contributed by atoms with Gasteiger partial charge in [-0.05, 0) is 38.0 Å². The minimum absolute atomic E-state index is 0.124. The van der Waals surface area contributed by atoms with E-state index in [1.807, 2.05) is 29.7 Å². The summed E-state index contributed by atoms with van der Waals surface area (Å²) in [6, 6.07) is 14.9. The van der Waals surface area contributed by atoms with Gasteiger partial charge in [0.2, 0.25) is 15.8 Å². The van der Waals surface area contributed by atoms with Crippen molar-refractivity contribution < 1.29 is 22.7 Å². The van der Waals surface area contributed by atoms with Gasteiger partial charge in [0, 0.05) is 35.8 Å². The average molecular weight is 480 g/mol. The normalized spacial score (nSPS) is 16.4. The Labute approximate surface area is 198 Å². The molecule has 2 heterocycles. The number of carbonyl (C=O) groups is 2. The van der Waals surface area contributed by atoms with Gasteiger partial charge in [-0.1, -0.05) is 35.9 Å². The van der Waals surface area contributed by atoms with Gasteiger partial charge >= 0.3 is 5.97 Å². The zero-order valence-corrected chi connectivity index (χ0v) is 19.6. The second-order valence-electron chi connectivity index (χ2n) is 8.28. The smallest absolute Gasteiger partial charge is 0.324 e. The van der Waals surface area contributed by atoms with E-state index in [1.54, 1.807) is 24.4 Å². The Morgan fingerprint density at radius 1 is 1.15 bits per heavy atom. The molecule has 176 valence electrons. The van der Waals surface area contributed by atoms with E-state index in [1.165, 1.54) is 12.1 Å². The Morgan fingerprint density at radius 3 is 2.62 bits per heavy atom. The summed E-state index contributed by atoms with van der Waals surface area (Å²) in [6.45, 7) is 2.04. The Kier molecular flexibility index (Phi) is 6.82. The first kappa shape index (κ1) is 23.7. The first-order valence-corrected chi connectivity index (χ1v) is 12.5. The fraction of sp³-hybridized carbons (Fsp3) is 0.320. The van der Waals surface area contributed by atoms with E-state index in [0.717, 1.165) is 15.4 Å². The number of para-hydroxylation sites is 1. The molecular weight excluding hydrogens is 454 g/mol. The number of ether oxygens (including phenoxy) is 1. The minimum Gasteiger partial charge on any atom is -0.456 e. The number of ketones is 1. The van der Waals surface area contributed by atoms with Crippen LogP contribution in [0.4, 0.5) is 0 Å². The number of benzene rings is 2. The molecule has 1 fully saturated rings. The number of rotatable bonds is 8. The predicted molar refractivity (Wildman–Crippen MR) is 126 cm³/mol. The van der Waals surface area contributed by atoms with E-state index in [4.69, 9.17) is 10.00 Å². The molecule has 1 aliphatic heterocycles. The highest BCUT2D eigenvalue weighted by Crippen LogP contribution is 2.27. The maximum Gasteiger partial charge on any atom is 0.324 e. The lowest BCUT2D eigenvalue weighted by Crippen LogP contribution is -2.41. The first-order chi connectivity index (χ1) is 16.3.